The Morgan fingerprint density at radius 3 is 1.88 bits per heavy atom. The molecular formula is C20H30N2O2. The number of rotatable bonds is 3. The average Bonchev–Trinajstić information content (AvgIpc) is 2.54. The summed E-state index contributed by atoms with van der Waals surface area (Å²) in [5.74, 6) is 0.339. The number of piperazine rings is 1. The number of benzene rings is 1. The van der Waals surface area contributed by atoms with Crippen molar-refractivity contribution in [3.05, 3.63) is 35.9 Å². The zero-order valence-electron chi connectivity index (χ0n) is 15.6. The molecule has 1 saturated heterocycles. The number of hydrogen-bond donors (Lipinski definition) is 0. The maximum absolute atomic E-state index is 12.7. The number of hydrogen-bond acceptors (Lipinski definition) is 2. The summed E-state index contributed by atoms with van der Waals surface area (Å²) in [6.07, 6.45) is 0.490. The smallest absolute Gasteiger partial charge is 0.228 e. The Hall–Kier alpha value is -1.84. The molecule has 0 unspecified atom stereocenters. The van der Waals surface area contributed by atoms with Crippen LogP contribution in [0.15, 0.2) is 30.3 Å². The monoisotopic (exact) mass is 330 g/mol. The van der Waals surface area contributed by atoms with E-state index in [9.17, 15) is 9.59 Å². The van der Waals surface area contributed by atoms with E-state index in [1.807, 2.05) is 48.8 Å². The third kappa shape index (κ3) is 4.37. The van der Waals surface area contributed by atoms with Gasteiger partial charge in [-0.25, -0.2) is 0 Å². The first kappa shape index (κ1) is 18.5. The van der Waals surface area contributed by atoms with Gasteiger partial charge < -0.3 is 9.80 Å². The van der Waals surface area contributed by atoms with Crippen molar-refractivity contribution in [3.8, 4) is 0 Å². The van der Waals surface area contributed by atoms with E-state index < -0.39 is 0 Å². The molecule has 1 fully saturated rings. The van der Waals surface area contributed by atoms with Crippen molar-refractivity contribution >= 4 is 11.8 Å². The molecule has 24 heavy (non-hydrogen) atoms. The normalized spacial score (nSPS) is 16.2. The van der Waals surface area contributed by atoms with Gasteiger partial charge in [0.25, 0.3) is 0 Å². The molecule has 0 radical (unpaired) electrons. The molecule has 0 saturated carbocycles. The molecule has 4 nitrogen and oxygen atoms in total. The van der Waals surface area contributed by atoms with Crippen molar-refractivity contribution in [2.45, 2.75) is 46.5 Å². The van der Waals surface area contributed by atoms with Gasteiger partial charge in [0.2, 0.25) is 11.8 Å². The molecule has 0 atom stereocenters. The van der Waals surface area contributed by atoms with Crippen LogP contribution in [0.5, 0.6) is 0 Å². The number of carbonyl (C=O) groups is 2. The third-order valence-electron chi connectivity index (χ3n) is 4.71. The van der Waals surface area contributed by atoms with E-state index in [0.717, 1.165) is 0 Å². The Morgan fingerprint density at radius 2 is 1.38 bits per heavy atom. The fourth-order valence-electron chi connectivity index (χ4n) is 3.11. The lowest BCUT2D eigenvalue weighted by Crippen LogP contribution is -2.53. The van der Waals surface area contributed by atoms with Crippen molar-refractivity contribution < 1.29 is 9.59 Å². The highest BCUT2D eigenvalue weighted by Gasteiger charge is 2.32. The van der Waals surface area contributed by atoms with Crippen molar-refractivity contribution in [1.82, 2.24) is 9.80 Å². The molecule has 2 amide bonds. The standard InChI is InChI=1S/C20H30N2O2/c1-19(2,3)18(24)22-13-11-21(12-14-22)17(23)15-20(4,5)16-9-7-6-8-10-16/h6-10H,11-15H2,1-5H3. The maximum Gasteiger partial charge on any atom is 0.228 e. The van der Waals surface area contributed by atoms with Gasteiger partial charge in [-0.1, -0.05) is 65.0 Å². The minimum absolute atomic E-state index is 0.166. The first-order chi connectivity index (χ1) is 11.1. The lowest BCUT2D eigenvalue weighted by atomic mass is 9.81. The molecule has 4 heteroatoms. The highest BCUT2D eigenvalue weighted by Crippen LogP contribution is 2.28. The highest BCUT2D eigenvalue weighted by molar-refractivity contribution is 5.82. The predicted molar refractivity (Wildman–Crippen MR) is 96.7 cm³/mol. The Labute approximate surface area is 145 Å². The third-order valence-corrected chi connectivity index (χ3v) is 4.71. The van der Waals surface area contributed by atoms with Gasteiger partial charge in [0.1, 0.15) is 0 Å². The second-order valence-electron chi connectivity index (χ2n) is 8.35. The predicted octanol–water partition coefficient (Wildman–Crippen LogP) is 3.07. The highest BCUT2D eigenvalue weighted by atomic mass is 16.2. The van der Waals surface area contributed by atoms with E-state index in [2.05, 4.69) is 26.0 Å². The summed E-state index contributed by atoms with van der Waals surface area (Å²) in [5.41, 5.74) is 0.637. The fourth-order valence-corrected chi connectivity index (χ4v) is 3.11. The van der Waals surface area contributed by atoms with E-state index in [1.165, 1.54) is 5.56 Å². The summed E-state index contributed by atoms with van der Waals surface area (Å²) in [7, 11) is 0. The number of carbonyl (C=O) groups excluding carboxylic acids is 2. The van der Waals surface area contributed by atoms with E-state index >= 15 is 0 Å². The molecule has 1 aliphatic heterocycles. The Kier molecular flexibility index (Phi) is 5.36. The zero-order valence-corrected chi connectivity index (χ0v) is 15.6. The fraction of sp³-hybridized carbons (Fsp3) is 0.600. The SMILES string of the molecule is CC(C)(C)C(=O)N1CCN(C(=O)CC(C)(C)c2ccccc2)CC1. The summed E-state index contributed by atoms with van der Waals surface area (Å²) in [4.78, 5) is 28.8. The van der Waals surface area contributed by atoms with Crippen LogP contribution in [0, 0.1) is 5.41 Å². The average molecular weight is 330 g/mol. The van der Waals surface area contributed by atoms with Crippen molar-refractivity contribution in [1.29, 1.82) is 0 Å². The van der Waals surface area contributed by atoms with E-state index in [4.69, 9.17) is 0 Å². The molecule has 1 aliphatic rings. The molecule has 1 aromatic rings. The maximum atomic E-state index is 12.7. The molecule has 1 heterocycles. The molecule has 132 valence electrons. The summed E-state index contributed by atoms with van der Waals surface area (Å²) < 4.78 is 0. The van der Waals surface area contributed by atoms with Crippen molar-refractivity contribution in [2.75, 3.05) is 26.2 Å². The van der Waals surface area contributed by atoms with Crippen LogP contribution >= 0.6 is 0 Å². The summed E-state index contributed by atoms with van der Waals surface area (Å²) >= 11 is 0. The van der Waals surface area contributed by atoms with Crippen molar-refractivity contribution in [3.63, 3.8) is 0 Å². The van der Waals surface area contributed by atoms with Crippen LogP contribution in [0.2, 0.25) is 0 Å². The molecule has 1 aromatic carbocycles. The van der Waals surface area contributed by atoms with Gasteiger partial charge in [-0.05, 0) is 11.0 Å². The van der Waals surface area contributed by atoms with Gasteiger partial charge in [-0.2, -0.15) is 0 Å². The first-order valence-corrected chi connectivity index (χ1v) is 8.74. The molecular weight excluding hydrogens is 300 g/mol. The van der Waals surface area contributed by atoms with Gasteiger partial charge in [0.15, 0.2) is 0 Å². The quantitative estimate of drug-likeness (QED) is 0.854. The Bertz CT molecular complexity index is 579. The number of amides is 2. The minimum atomic E-state index is -0.360. The van der Waals surface area contributed by atoms with Gasteiger partial charge in [-0.15, -0.1) is 0 Å². The Balaban J connectivity index is 1.93. The summed E-state index contributed by atoms with van der Waals surface area (Å²) in [6, 6.07) is 10.2. The van der Waals surface area contributed by atoms with Crippen LogP contribution in [-0.4, -0.2) is 47.8 Å². The molecule has 0 spiro atoms. The van der Waals surface area contributed by atoms with E-state index in [0.29, 0.717) is 32.6 Å². The van der Waals surface area contributed by atoms with E-state index in [-0.39, 0.29) is 22.6 Å². The van der Waals surface area contributed by atoms with Gasteiger partial charge in [0, 0.05) is 38.0 Å². The molecule has 0 aliphatic carbocycles. The molecule has 0 aromatic heterocycles. The van der Waals surface area contributed by atoms with Crippen LogP contribution in [0.4, 0.5) is 0 Å². The van der Waals surface area contributed by atoms with Crippen LogP contribution in [-0.2, 0) is 15.0 Å². The summed E-state index contributed by atoms with van der Waals surface area (Å²) in [6.45, 7) is 12.6. The lowest BCUT2D eigenvalue weighted by Gasteiger charge is -2.38. The topological polar surface area (TPSA) is 40.6 Å². The van der Waals surface area contributed by atoms with Crippen LogP contribution in [0.25, 0.3) is 0 Å². The lowest BCUT2D eigenvalue weighted by molar-refractivity contribution is -0.145. The molecule has 2 rings (SSSR count). The van der Waals surface area contributed by atoms with E-state index in [1.54, 1.807) is 0 Å². The first-order valence-electron chi connectivity index (χ1n) is 8.74. The Morgan fingerprint density at radius 1 is 0.875 bits per heavy atom. The van der Waals surface area contributed by atoms with Gasteiger partial charge in [-0.3, -0.25) is 9.59 Å². The largest absolute Gasteiger partial charge is 0.339 e. The molecule has 0 bridgehead atoms. The number of nitrogens with zero attached hydrogens (tertiary/aromatic N) is 2. The van der Waals surface area contributed by atoms with Crippen LogP contribution < -0.4 is 0 Å². The van der Waals surface area contributed by atoms with Gasteiger partial charge >= 0.3 is 0 Å². The second kappa shape index (κ2) is 6.96. The minimum Gasteiger partial charge on any atom is -0.339 e. The summed E-state index contributed by atoms with van der Waals surface area (Å²) in [5, 5.41) is 0. The van der Waals surface area contributed by atoms with Crippen LogP contribution in [0.3, 0.4) is 0 Å². The second-order valence-corrected chi connectivity index (χ2v) is 8.35. The van der Waals surface area contributed by atoms with Crippen molar-refractivity contribution in [2.24, 2.45) is 5.41 Å². The zero-order chi connectivity index (χ0) is 18.0. The molecule has 0 N–H and O–H groups in total. The van der Waals surface area contributed by atoms with Crippen LogP contribution in [0.1, 0.15) is 46.6 Å². The van der Waals surface area contributed by atoms with Gasteiger partial charge in [0.05, 0.1) is 0 Å².